The molecule has 2 N–H and O–H groups in total. The van der Waals surface area contributed by atoms with Gasteiger partial charge in [-0.3, -0.25) is 0 Å². The Bertz CT molecular complexity index is 299. The van der Waals surface area contributed by atoms with Crippen molar-refractivity contribution in [3.8, 4) is 5.75 Å². The molecule has 0 bridgehead atoms. The summed E-state index contributed by atoms with van der Waals surface area (Å²) in [5, 5.41) is 0. The lowest BCUT2D eigenvalue weighted by Gasteiger charge is -2.13. The Hall–Kier alpha value is -1.09. The van der Waals surface area contributed by atoms with Crippen LogP contribution in [-0.2, 0) is 0 Å². The van der Waals surface area contributed by atoms with Crippen molar-refractivity contribution in [2.75, 3.05) is 13.3 Å². The van der Waals surface area contributed by atoms with Crippen molar-refractivity contribution in [3.05, 3.63) is 29.3 Å². The maximum atomic E-state index is 12.0. The Labute approximate surface area is 83.9 Å². The molecule has 0 unspecified atom stereocenters. The highest BCUT2D eigenvalue weighted by Gasteiger charge is 2.07. The summed E-state index contributed by atoms with van der Waals surface area (Å²) in [7, 11) is 0. The Morgan fingerprint density at radius 2 is 2.21 bits per heavy atom. The monoisotopic (exact) mass is 197 g/mol. The lowest BCUT2D eigenvalue weighted by Crippen LogP contribution is -2.09. The molecule has 0 fully saturated rings. The van der Waals surface area contributed by atoms with Crippen molar-refractivity contribution in [2.24, 2.45) is 5.73 Å². The van der Waals surface area contributed by atoms with E-state index < -0.39 is 6.67 Å². The molecule has 0 spiro atoms. The van der Waals surface area contributed by atoms with Gasteiger partial charge in [-0.1, -0.05) is 12.1 Å². The van der Waals surface area contributed by atoms with E-state index in [1.807, 2.05) is 32.0 Å². The molecule has 0 saturated heterocycles. The highest BCUT2D eigenvalue weighted by atomic mass is 19.1. The summed E-state index contributed by atoms with van der Waals surface area (Å²) in [5.74, 6) is 0.692. The third kappa shape index (κ3) is 2.70. The van der Waals surface area contributed by atoms with Crippen LogP contribution in [0.15, 0.2) is 18.2 Å². The zero-order chi connectivity index (χ0) is 10.6. The van der Waals surface area contributed by atoms with Gasteiger partial charge in [0.25, 0.3) is 0 Å². The number of hydrogen-bond acceptors (Lipinski definition) is 2. The second kappa shape index (κ2) is 4.96. The summed E-state index contributed by atoms with van der Waals surface area (Å²) in [6, 6.07) is 5.69. The van der Waals surface area contributed by atoms with Crippen LogP contribution in [0.3, 0.4) is 0 Å². The normalized spacial score (nSPS) is 12.6. The molecule has 0 aliphatic rings. The first kappa shape index (κ1) is 11.0. The van der Waals surface area contributed by atoms with E-state index >= 15 is 0 Å². The van der Waals surface area contributed by atoms with Crippen LogP contribution in [0.5, 0.6) is 5.75 Å². The molecule has 0 aromatic heterocycles. The van der Waals surface area contributed by atoms with E-state index in [0.717, 1.165) is 11.1 Å². The second-order valence-electron chi connectivity index (χ2n) is 3.37. The number of rotatable bonds is 4. The molecule has 1 rings (SSSR count). The molecule has 1 atom stereocenters. The fourth-order valence-corrected chi connectivity index (χ4v) is 1.29. The average Bonchev–Trinajstić information content (AvgIpc) is 2.14. The molecule has 0 saturated carbocycles. The van der Waals surface area contributed by atoms with Crippen LogP contribution in [-0.4, -0.2) is 13.3 Å². The van der Waals surface area contributed by atoms with E-state index in [1.165, 1.54) is 0 Å². The van der Waals surface area contributed by atoms with Crippen molar-refractivity contribution in [1.29, 1.82) is 0 Å². The molecule has 0 radical (unpaired) electrons. The maximum Gasteiger partial charge on any atom is 0.124 e. The Kier molecular flexibility index (Phi) is 3.89. The van der Waals surface area contributed by atoms with Crippen LogP contribution in [0.2, 0.25) is 0 Å². The van der Waals surface area contributed by atoms with Gasteiger partial charge in [0.15, 0.2) is 0 Å². The maximum absolute atomic E-state index is 12.0. The van der Waals surface area contributed by atoms with Crippen LogP contribution >= 0.6 is 0 Å². The molecular weight excluding hydrogens is 181 g/mol. The van der Waals surface area contributed by atoms with Crippen molar-refractivity contribution >= 4 is 0 Å². The van der Waals surface area contributed by atoms with Crippen molar-refractivity contribution in [3.63, 3.8) is 0 Å². The molecule has 0 heterocycles. The highest BCUT2D eigenvalue weighted by Crippen LogP contribution is 2.24. The Morgan fingerprint density at radius 1 is 1.50 bits per heavy atom. The van der Waals surface area contributed by atoms with E-state index in [-0.39, 0.29) is 12.6 Å². The molecule has 2 nitrogen and oxygen atoms in total. The molecule has 0 aliphatic heterocycles. The zero-order valence-corrected chi connectivity index (χ0v) is 8.59. The van der Waals surface area contributed by atoms with Crippen LogP contribution in [0.4, 0.5) is 4.39 Å². The van der Waals surface area contributed by atoms with E-state index in [1.54, 1.807) is 0 Å². The summed E-state index contributed by atoms with van der Waals surface area (Å²) in [6.07, 6.45) is 0. The third-order valence-corrected chi connectivity index (χ3v) is 1.99. The van der Waals surface area contributed by atoms with Gasteiger partial charge in [-0.2, -0.15) is 0 Å². The molecular formula is C11H16FNO. The fraction of sp³-hybridized carbons (Fsp3) is 0.455. The van der Waals surface area contributed by atoms with E-state index in [2.05, 4.69) is 0 Å². The minimum absolute atomic E-state index is 0.0865. The Balaban J connectivity index is 2.91. The predicted molar refractivity (Wildman–Crippen MR) is 55.3 cm³/mol. The average molecular weight is 197 g/mol. The van der Waals surface area contributed by atoms with Gasteiger partial charge in [-0.05, 0) is 25.5 Å². The Morgan fingerprint density at radius 3 is 2.79 bits per heavy atom. The first-order valence-corrected chi connectivity index (χ1v) is 4.70. The van der Waals surface area contributed by atoms with E-state index in [4.69, 9.17) is 10.5 Å². The minimum atomic E-state index is -0.480. The largest absolute Gasteiger partial charge is 0.491 e. The van der Waals surface area contributed by atoms with Gasteiger partial charge in [0.1, 0.15) is 19.0 Å². The van der Waals surface area contributed by atoms with Crippen LogP contribution in [0, 0.1) is 6.92 Å². The SMILES string of the molecule is Cc1ccc([C@@H](C)N)c(OCCF)c1. The molecule has 0 aliphatic carbocycles. The second-order valence-corrected chi connectivity index (χ2v) is 3.37. The number of benzene rings is 1. The number of halogens is 1. The number of nitrogens with two attached hydrogens (primary N) is 1. The van der Waals surface area contributed by atoms with Gasteiger partial charge < -0.3 is 10.5 Å². The third-order valence-electron chi connectivity index (χ3n) is 1.99. The lowest BCUT2D eigenvalue weighted by molar-refractivity contribution is 0.270. The molecule has 1 aromatic carbocycles. The van der Waals surface area contributed by atoms with Gasteiger partial charge in [0.2, 0.25) is 0 Å². The van der Waals surface area contributed by atoms with E-state index in [9.17, 15) is 4.39 Å². The summed E-state index contributed by atoms with van der Waals surface area (Å²) >= 11 is 0. The summed E-state index contributed by atoms with van der Waals surface area (Å²) in [6.45, 7) is 3.45. The van der Waals surface area contributed by atoms with Gasteiger partial charge in [-0.25, -0.2) is 4.39 Å². The standard InChI is InChI=1S/C11H16FNO/c1-8-3-4-10(9(2)13)11(7-8)14-6-5-12/h3-4,7,9H,5-6,13H2,1-2H3/t9-/m1/s1. The van der Waals surface area contributed by atoms with Crippen molar-refractivity contribution < 1.29 is 9.13 Å². The number of hydrogen-bond donors (Lipinski definition) is 1. The first-order chi connectivity index (χ1) is 6.65. The number of aryl methyl sites for hydroxylation is 1. The molecule has 0 amide bonds. The van der Waals surface area contributed by atoms with Crippen LogP contribution in [0.1, 0.15) is 24.1 Å². The quantitative estimate of drug-likeness (QED) is 0.804. The molecule has 1 aromatic rings. The molecule has 78 valence electrons. The van der Waals surface area contributed by atoms with Crippen LogP contribution in [0.25, 0.3) is 0 Å². The fourth-order valence-electron chi connectivity index (χ4n) is 1.29. The number of alkyl halides is 1. The summed E-state index contributed by atoms with van der Waals surface area (Å²) in [4.78, 5) is 0. The minimum Gasteiger partial charge on any atom is -0.491 e. The van der Waals surface area contributed by atoms with Crippen molar-refractivity contribution in [1.82, 2.24) is 0 Å². The summed E-state index contributed by atoms with van der Waals surface area (Å²) in [5.41, 5.74) is 7.77. The lowest BCUT2D eigenvalue weighted by atomic mass is 10.1. The molecule has 14 heavy (non-hydrogen) atoms. The van der Waals surface area contributed by atoms with Gasteiger partial charge >= 0.3 is 0 Å². The topological polar surface area (TPSA) is 35.2 Å². The number of ether oxygens (including phenoxy) is 1. The van der Waals surface area contributed by atoms with Crippen LogP contribution < -0.4 is 10.5 Å². The smallest absolute Gasteiger partial charge is 0.124 e. The van der Waals surface area contributed by atoms with Gasteiger partial charge in [0.05, 0.1) is 0 Å². The first-order valence-electron chi connectivity index (χ1n) is 4.70. The van der Waals surface area contributed by atoms with Crippen molar-refractivity contribution in [2.45, 2.75) is 19.9 Å². The van der Waals surface area contributed by atoms with E-state index in [0.29, 0.717) is 5.75 Å². The predicted octanol–water partition coefficient (Wildman–Crippen LogP) is 2.36. The summed E-state index contributed by atoms with van der Waals surface area (Å²) < 4.78 is 17.2. The highest BCUT2D eigenvalue weighted by molar-refractivity contribution is 5.38. The van der Waals surface area contributed by atoms with Gasteiger partial charge in [0, 0.05) is 11.6 Å². The van der Waals surface area contributed by atoms with Gasteiger partial charge in [-0.15, -0.1) is 0 Å². The molecule has 3 heteroatoms. The zero-order valence-electron chi connectivity index (χ0n) is 8.59.